The molecule has 8 heteroatoms. The van der Waals surface area contributed by atoms with E-state index in [4.69, 9.17) is 9.72 Å². The summed E-state index contributed by atoms with van der Waals surface area (Å²) in [6, 6.07) is 51.1. The van der Waals surface area contributed by atoms with Gasteiger partial charge in [-0.1, -0.05) is 0 Å². The first-order chi connectivity index (χ1) is 23.4. The summed E-state index contributed by atoms with van der Waals surface area (Å²) in [5, 5.41) is 3.28. The van der Waals surface area contributed by atoms with Gasteiger partial charge in [-0.3, -0.25) is 0 Å². The van der Waals surface area contributed by atoms with Crippen LogP contribution in [0.5, 0.6) is 5.75 Å². The number of halogens is 1. The van der Waals surface area contributed by atoms with Crippen molar-refractivity contribution < 1.29 is 14.3 Å². The summed E-state index contributed by atoms with van der Waals surface area (Å²) in [6.07, 6.45) is 2.43. The van der Waals surface area contributed by atoms with Gasteiger partial charge in [-0.25, -0.2) is 0 Å². The number of ketones is 1. The number of hydrogen-bond acceptors (Lipinski definition) is 5. The van der Waals surface area contributed by atoms with Crippen molar-refractivity contribution in [3.8, 4) is 5.75 Å². The molecule has 7 rings (SSSR count). The zero-order chi connectivity index (χ0) is 33.0. The first-order valence-electron chi connectivity index (χ1n) is 15.6. The Hall–Kier alpha value is -4.55. The SMILES string of the molecule is O=C1COc2ccc(C(=O)C(Sc3ncccc3CP(Br)(c3ccccc3)(c3ccccc3)c3ccccc3)c3ccccc3)cc2N1. The van der Waals surface area contributed by atoms with Crippen molar-refractivity contribution in [2.75, 3.05) is 11.9 Å². The monoisotopic (exact) mass is 730 g/mol. The molecule has 238 valence electrons. The first kappa shape index (κ1) is 32.0. The maximum absolute atomic E-state index is 14.4. The average molecular weight is 732 g/mol. The zero-order valence-corrected chi connectivity index (χ0v) is 29.2. The second kappa shape index (κ2) is 13.5. The number of hydrogen-bond donors (Lipinski definition) is 1. The van der Waals surface area contributed by atoms with Crippen molar-refractivity contribution in [2.45, 2.75) is 16.4 Å². The molecule has 48 heavy (non-hydrogen) atoms. The molecule has 0 saturated heterocycles. The van der Waals surface area contributed by atoms with E-state index in [1.807, 2.05) is 54.6 Å². The number of fused-ring (bicyclic) bond motifs is 1. The van der Waals surface area contributed by atoms with E-state index < -0.39 is 10.6 Å². The summed E-state index contributed by atoms with van der Waals surface area (Å²) >= 11 is 6.04. The van der Waals surface area contributed by atoms with Crippen molar-refractivity contribution in [3.63, 3.8) is 0 Å². The number of carbonyl (C=O) groups excluding carboxylic acids is 2. The van der Waals surface area contributed by atoms with E-state index in [0.717, 1.165) is 16.2 Å². The van der Waals surface area contributed by atoms with Gasteiger partial charge < -0.3 is 0 Å². The molecule has 1 atom stereocenters. The number of thioether (sulfide) groups is 1. The van der Waals surface area contributed by atoms with E-state index >= 15 is 0 Å². The molecule has 0 aliphatic carbocycles. The molecule has 6 aromatic rings. The Labute approximate surface area is 292 Å². The van der Waals surface area contributed by atoms with Crippen LogP contribution in [-0.2, 0) is 11.0 Å². The fourth-order valence-electron chi connectivity index (χ4n) is 6.31. The third-order valence-corrected chi connectivity index (χ3v) is 19.5. The number of carbonyl (C=O) groups is 2. The molecule has 1 N–H and O–H groups in total. The number of Topliss-reactive ketones (excluding diaryl/α,β-unsaturated/α-hetero) is 1. The Morgan fingerprint density at radius 1 is 0.771 bits per heavy atom. The Morgan fingerprint density at radius 2 is 1.33 bits per heavy atom. The van der Waals surface area contributed by atoms with E-state index in [9.17, 15) is 9.59 Å². The van der Waals surface area contributed by atoms with Crippen LogP contribution in [0.15, 0.2) is 163 Å². The van der Waals surface area contributed by atoms with Crippen molar-refractivity contribution in [3.05, 3.63) is 175 Å². The van der Waals surface area contributed by atoms with Gasteiger partial charge >= 0.3 is 294 Å². The van der Waals surface area contributed by atoms with Crippen LogP contribution < -0.4 is 26.0 Å². The van der Waals surface area contributed by atoms with Crippen LogP contribution in [0.25, 0.3) is 0 Å². The number of pyridine rings is 1. The molecule has 5 nitrogen and oxygen atoms in total. The van der Waals surface area contributed by atoms with Crippen molar-refractivity contribution in [1.29, 1.82) is 0 Å². The standard InChI is InChI=1S/C40H32BrN2O3PS/c41-47(32-17-7-2-8-18-32,33-19-9-3-10-20-33,34-21-11-4-12-22-34)28-31-16-13-25-42-40(31)48-39(29-14-5-1-6-15-29)38(45)30-23-24-36-35(26-30)43-37(44)27-46-36/h1-26,39H,27-28H2,(H,43,44). The van der Waals surface area contributed by atoms with E-state index in [2.05, 4.69) is 99.7 Å². The van der Waals surface area contributed by atoms with Crippen LogP contribution in [0, 0.1) is 0 Å². The number of nitrogens with zero attached hydrogens (tertiary/aromatic N) is 1. The van der Waals surface area contributed by atoms with E-state index in [0.29, 0.717) is 23.2 Å². The average Bonchev–Trinajstić information content (AvgIpc) is 3.15. The molecule has 0 bridgehead atoms. The minimum absolute atomic E-state index is 0.0428. The van der Waals surface area contributed by atoms with Crippen molar-refractivity contribution in [1.82, 2.24) is 4.98 Å². The number of rotatable bonds is 10. The summed E-state index contributed by atoms with van der Waals surface area (Å²) in [6.45, 7) is -0.0428. The second-order valence-electron chi connectivity index (χ2n) is 11.6. The number of aromatic nitrogens is 1. The van der Waals surface area contributed by atoms with Crippen molar-refractivity contribution in [2.24, 2.45) is 0 Å². The van der Waals surface area contributed by atoms with Gasteiger partial charge in [0.1, 0.15) is 0 Å². The quantitative estimate of drug-likeness (QED) is 0.0871. The van der Waals surface area contributed by atoms with Crippen LogP contribution in [0.4, 0.5) is 5.69 Å². The van der Waals surface area contributed by atoms with E-state index in [1.165, 1.54) is 27.7 Å². The molecule has 0 radical (unpaired) electrons. The molecular weight excluding hydrogens is 699 g/mol. The van der Waals surface area contributed by atoms with Crippen molar-refractivity contribution >= 4 is 65.8 Å². The van der Waals surface area contributed by atoms with Crippen LogP contribution in [0.2, 0.25) is 0 Å². The van der Waals surface area contributed by atoms with Crippen LogP contribution in [0.3, 0.4) is 0 Å². The van der Waals surface area contributed by atoms with Crippen LogP contribution in [0.1, 0.15) is 26.7 Å². The zero-order valence-electron chi connectivity index (χ0n) is 25.9. The summed E-state index contributed by atoms with van der Waals surface area (Å²) < 4.78 is 5.55. The third kappa shape index (κ3) is 5.99. The summed E-state index contributed by atoms with van der Waals surface area (Å²) in [5.74, 6) is 0.218. The fraction of sp³-hybridized carbons (Fsp3) is 0.0750. The van der Waals surface area contributed by atoms with Crippen LogP contribution in [-0.4, -0.2) is 23.3 Å². The summed E-state index contributed by atoms with van der Waals surface area (Å²) in [5.41, 5.74) is 2.88. The Kier molecular flexibility index (Phi) is 9.02. The fourth-order valence-corrected chi connectivity index (χ4v) is 15.2. The molecule has 1 aliphatic heterocycles. The summed E-state index contributed by atoms with van der Waals surface area (Å²) in [7, 11) is 0. The normalized spacial score (nSPS) is 14.0. The first-order valence-corrected chi connectivity index (χ1v) is 20.9. The number of ether oxygens (including phenoxy) is 1. The van der Waals surface area contributed by atoms with E-state index in [1.54, 1.807) is 24.4 Å². The Bertz CT molecular complexity index is 1980. The predicted octanol–water partition coefficient (Wildman–Crippen LogP) is 8.47. The molecule has 1 unspecified atom stereocenters. The molecule has 0 fully saturated rings. The van der Waals surface area contributed by atoms with Gasteiger partial charge in [0.2, 0.25) is 0 Å². The van der Waals surface area contributed by atoms with Gasteiger partial charge in [0.15, 0.2) is 0 Å². The number of amides is 1. The number of benzene rings is 5. The van der Waals surface area contributed by atoms with Gasteiger partial charge in [-0.05, 0) is 0 Å². The summed E-state index contributed by atoms with van der Waals surface area (Å²) in [4.78, 5) is 31.4. The number of nitrogens with one attached hydrogen (secondary N) is 1. The predicted molar refractivity (Wildman–Crippen MR) is 202 cm³/mol. The van der Waals surface area contributed by atoms with Gasteiger partial charge in [0.05, 0.1) is 0 Å². The minimum atomic E-state index is -3.35. The molecule has 5 aromatic carbocycles. The van der Waals surface area contributed by atoms with Gasteiger partial charge in [0, 0.05) is 0 Å². The number of anilines is 1. The molecular formula is C40H32BrN2O3PS. The van der Waals surface area contributed by atoms with Gasteiger partial charge in [0.25, 0.3) is 0 Å². The molecule has 0 saturated carbocycles. The second-order valence-corrected chi connectivity index (χ2v) is 21.7. The van der Waals surface area contributed by atoms with Gasteiger partial charge in [-0.2, -0.15) is 0 Å². The topological polar surface area (TPSA) is 68.3 Å². The molecule has 1 aliphatic rings. The Balaban J connectivity index is 1.36. The Morgan fingerprint density at radius 3 is 1.92 bits per heavy atom. The molecule has 1 amide bonds. The van der Waals surface area contributed by atoms with Gasteiger partial charge in [-0.15, -0.1) is 0 Å². The molecule has 0 spiro atoms. The molecule has 1 aromatic heterocycles. The molecule has 2 heterocycles. The van der Waals surface area contributed by atoms with E-state index in [-0.39, 0.29) is 18.3 Å². The maximum atomic E-state index is 14.4. The third-order valence-electron chi connectivity index (χ3n) is 8.67. The van der Waals surface area contributed by atoms with Crippen LogP contribution >= 0.6 is 32.6 Å².